The van der Waals surface area contributed by atoms with Crippen LogP contribution >= 0.6 is 11.6 Å². The molecule has 0 atom stereocenters. The van der Waals surface area contributed by atoms with Crippen LogP contribution in [0.15, 0.2) is 42.5 Å². The second-order valence-corrected chi connectivity index (χ2v) is 4.99. The summed E-state index contributed by atoms with van der Waals surface area (Å²) in [5, 5.41) is 20.5. The van der Waals surface area contributed by atoms with Gasteiger partial charge in [0, 0.05) is 22.7 Å². The van der Waals surface area contributed by atoms with Crippen LogP contribution in [0.5, 0.6) is 5.75 Å². The van der Waals surface area contributed by atoms with Crippen LogP contribution in [0.2, 0.25) is 5.02 Å². The van der Waals surface area contributed by atoms with E-state index >= 15 is 0 Å². The number of aliphatic carboxylic acids is 1. The number of ether oxygens (including phenoxy) is 1. The number of methoxy groups -OCH3 is 1. The van der Waals surface area contributed by atoms with E-state index in [1.54, 1.807) is 12.1 Å². The van der Waals surface area contributed by atoms with Gasteiger partial charge in [-0.3, -0.25) is 10.1 Å². The number of carbonyl (C=O) groups is 1. The molecule has 0 unspecified atom stereocenters. The number of non-ortho nitro benzene ring substituents is 1. The van der Waals surface area contributed by atoms with E-state index < -0.39 is 10.9 Å². The molecule has 0 aromatic heterocycles. The SMILES string of the molecule is COc1ccc(Cl)cc1/C(=C/c1ccc([N+](=O)[O-])cc1)C(=O)O. The van der Waals surface area contributed by atoms with Crippen molar-refractivity contribution in [3.63, 3.8) is 0 Å². The molecule has 0 spiro atoms. The molecule has 0 heterocycles. The van der Waals surface area contributed by atoms with Crippen molar-refractivity contribution in [2.24, 2.45) is 0 Å². The summed E-state index contributed by atoms with van der Waals surface area (Å²) in [6.07, 6.45) is 1.40. The summed E-state index contributed by atoms with van der Waals surface area (Å²) in [6, 6.07) is 10.2. The molecule has 2 rings (SSSR count). The molecule has 0 fully saturated rings. The Labute approximate surface area is 136 Å². The molecule has 118 valence electrons. The highest BCUT2D eigenvalue weighted by Crippen LogP contribution is 2.31. The number of carboxylic acid groups (broad SMARTS) is 1. The first-order valence-electron chi connectivity index (χ1n) is 6.45. The average Bonchev–Trinajstić information content (AvgIpc) is 2.52. The molecule has 0 aliphatic rings. The third kappa shape index (κ3) is 3.87. The number of benzene rings is 2. The maximum Gasteiger partial charge on any atom is 0.336 e. The highest BCUT2D eigenvalue weighted by Gasteiger charge is 2.16. The number of nitrogens with zero attached hydrogens (tertiary/aromatic N) is 1. The van der Waals surface area contributed by atoms with E-state index in [1.165, 1.54) is 43.5 Å². The minimum Gasteiger partial charge on any atom is -0.496 e. The molecule has 0 saturated carbocycles. The maximum absolute atomic E-state index is 11.6. The minimum absolute atomic E-state index is 0.0294. The van der Waals surface area contributed by atoms with E-state index in [0.717, 1.165) is 0 Å². The lowest BCUT2D eigenvalue weighted by molar-refractivity contribution is -0.384. The molecule has 0 radical (unpaired) electrons. The maximum atomic E-state index is 11.6. The van der Waals surface area contributed by atoms with Crippen LogP contribution in [0.3, 0.4) is 0 Å². The summed E-state index contributed by atoms with van der Waals surface area (Å²) >= 11 is 5.93. The molecule has 0 amide bonds. The normalized spacial score (nSPS) is 11.1. The van der Waals surface area contributed by atoms with Gasteiger partial charge in [0.1, 0.15) is 5.75 Å². The monoisotopic (exact) mass is 333 g/mol. The number of carboxylic acids is 1. The molecule has 7 heteroatoms. The van der Waals surface area contributed by atoms with Crippen LogP contribution in [0.1, 0.15) is 11.1 Å². The standard InChI is InChI=1S/C16H12ClNO5/c1-23-15-7-4-11(17)9-13(15)14(16(19)20)8-10-2-5-12(6-3-10)18(21)22/h2-9H,1H3,(H,19,20)/b14-8-. The molecule has 2 aromatic carbocycles. The van der Waals surface area contributed by atoms with Crippen LogP contribution in [-0.2, 0) is 4.79 Å². The fourth-order valence-electron chi connectivity index (χ4n) is 2.00. The molecular formula is C16H12ClNO5. The van der Waals surface area contributed by atoms with Gasteiger partial charge >= 0.3 is 5.97 Å². The average molecular weight is 334 g/mol. The van der Waals surface area contributed by atoms with Gasteiger partial charge in [0.05, 0.1) is 17.6 Å². The molecule has 0 aliphatic carbocycles. The highest BCUT2D eigenvalue weighted by molar-refractivity contribution is 6.31. The second kappa shape index (κ2) is 6.93. The zero-order valence-corrected chi connectivity index (χ0v) is 12.8. The molecule has 23 heavy (non-hydrogen) atoms. The third-order valence-electron chi connectivity index (χ3n) is 3.10. The van der Waals surface area contributed by atoms with Crippen molar-refractivity contribution in [3.05, 3.63) is 68.7 Å². The van der Waals surface area contributed by atoms with Gasteiger partial charge in [-0.25, -0.2) is 4.79 Å². The van der Waals surface area contributed by atoms with Gasteiger partial charge in [-0.15, -0.1) is 0 Å². The number of halogens is 1. The first-order chi connectivity index (χ1) is 10.9. The van der Waals surface area contributed by atoms with Crippen molar-refractivity contribution in [1.29, 1.82) is 0 Å². The zero-order valence-electron chi connectivity index (χ0n) is 12.0. The fourth-order valence-corrected chi connectivity index (χ4v) is 2.18. The summed E-state index contributed by atoms with van der Waals surface area (Å²) in [5.74, 6) is -0.797. The van der Waals surface area contributed by atoms with Gasteiger partial charge < -0.3 is 9.84 Å². The Kier molecular flexibility index (Phi) is 4.98. The van der Waals surface area contributed by atoms with Crippen LogP contribution in [0.4, 0.5) is 5.69 Å². The molecule has 0 bridgehead atoms. The minimum atomic E-state index is -1.16. The Hall–Kier alpha value is -2.86. The number of nitro groups is 1. The van der Waals surface area contributed by atoms with Crippen molar-refractivity contribution in [2.75, 3.05) is 7.11 Å². The summed E-state index contributed by atoms with van der Waals surface area (Å²) in [7, 11) is 1.43. The van der Waals surface area contributed by atoms with Crippen molar-refractivity contribution in [1.82, 2.24) is 0 Å². The number of rotatable bonds is 5. The van der Waals surface area contributed by atoms with Crippen LogP contribution in [0, 0.1) is 10.1 Å². The van der Waals surface area contributed by atoms with E-state index in [1.807, 2.05) is 0 Å². The van der Waals surface area contributed by atoms with E-state index in [-0.39, 0.29) is 11.3 Å². The quantitative estimate of drug-likeness (QED) is 0.388. The Balaban J connectivity index is 2.52. The first kappa shape index (κ1) is 16.5. The van der Waals surface area contributed by atoms with E-state index in [9.17, 15) is 20.0 Å². The lowest BCUT2D eigenvalue weighted by Crippen LogP contribution is -2.02. The number of nitro benzene ring substituents is 1. The second-order valence-electron chi connectivity index (χ2n) is 4.56. The van der Waals surface area contributed by atoms with Gasteiger partial charge in [0.15, 0.2) is 0 Å². The predicted octanol–water partition coefficient (Wildman–Crippen LogP) is 3.88. The van der Waals surface area contributed by atoms with Crippen molar-refractivity contribution < 1.29 is 19.6 Å². The van der Waals surface area contributed by atoms with Crippen molar-refractivity contribution in [2.45, 2.75) is 0 Å². The van der Waals surface area contributed by atoms with Gasteiger partial charge in [-0.2, -0.15) is 0 Å². The summed E-state index contributed by atoms with van der Waals surface area (Å²) in [6.45, 7) is 0. The fraction of sp³-hybridized carbons (Fsp3) is 0.0625. The van der Waals surface area contributed by atoms with Gasteiger partial charge in [0.2, 0.25) is 0 Å². The Bertz CT molecular complexity index is 784. The van der Waals surface area contributed by atoms with E-state index in [2.05, 4.69) is 0 Å². The van der Waals surface area contributed by atoms with Crippen LogP contribution in [0.25, 0.3) is 11.6 Å². The van der Waals surface area contributed by atoms with Gasteiger partial charge in [-0.05, 0) is 42.0 Å². The summed E-state index contributed by atoms with van der Waals surface area (Å²) < 4.78 is 5.17. The topological polar surface area (TPSA) is 89.7 Å². The molecular weight excluding hydrogens is 322 g/mol. The summed E-state index contributed by atoms with van der Waals surface area (Å²) in [4.78, 5) is 21.7. The van der Waals surface area contributed by atoms with E-state index in [0.29, 0.717) is 21.9 Å². The predicted molar refractivity (Wildman–Crippen MR) is 86.6 cm³/mol. The molecule has 2 aromatic rings. The largest absolute Gasteiger partial charge is 0.496 e. The molecule has 1 N–H and O–H groups in total. The van der Waals surface area contributed by atoms with Gasteiger partial charge in [-0.1, -0.05) is 11.6 Å². The Morgan fingerprint density at radius 3 is 2.43 bits per heavy atom. The molecule has 0 aliphatic heterocycles. The zero-order chi connectivity index (χ0) is 17.0. The molecule has 0 saturated heterocycles. The van der Waals surface area contributed by atoms with Crippen molar-refractivity contribution in [3.8, 4) is 5.75 Å². The number of hydrogen-bond acceptors (Lipinski definition) is 4. The summed E-state index contributed by atoms with van der Waals surface area (Å²) in [5.41, 5.74) is 0.735. The van der Waals surface area contributed by atoms with Crippen LogP contribution in [-0.4, -0.2) is 23.1 Å². The molecule has 6 nitrogen and oxygen atoms in total. The van der Waals surface area contributed by atoms with Crippen molar-refractivity contribution >= 4 is 34.9 Å². The lowest BCUT2D eigenvalue weighted by Gasteiger charge is -2.10. The smallest absolute Gasteiger partial charge is 0.336 e. The third-order valence-corrected chi connectivity index (χ3v) is 3.33. The number of hydrogen-bond donors (Lipinski definition) is 1. The van der Waals surface area contributed by atoms with Gasteiger partial charge in [0.25, 0.3) is 5.69 Å². The van der Waals surface area contributed by atoms with Crippen LogP contribution < -0.4 is 4.74 Å². The Morgan fingerprint density at radius 2 is 1.91 bits per heavy atom. The first-order valence-corrected chi connectivity index (χ1v) is 6.83. The van der Waals surface area contributed by atoms with E-state index in [4.69, 9.17) is 16.3 Å². The Morgan fingerprint density at radius 1 is 1.26 bits per heavy atom. The highest BCUT2D eigenvalue weighted by atomic mass is 35.5. The lowest BCUT2D eigenvalue weighted by atomic mass is 10.0.